The number of hydrogen-bond donors (Lipinski definition) is 2. The third kappa shape index (κ3) is 4.09. The first kappa shape index (κ1) is 19.7. The summed E-state index contributed by atoms with van der Waals surface area (Å²) in [4.78, 5) is 19.2. The van der Waals surface area contributed by atoms with Crippen molar-refractivity contribution < 1.29 is 27.9 Å². The number of alkyl halides is 3. The SMILES string of the molecule is CN1C(c2ccc(C(F)(F)F)cc2)=NOC1[C@@H](CO)NC(=O)c1ccccc1. The molecule has 0 radical (unpaired) electrons. The van der Waals surface area contributed by atoms with Gasteiger partial charge in [-0.2, -0.15) is 13.2 Å². The van der Waals surface area contributed by atoms with E-state index in [0.29, 0.717) is 17.0 Å². The summed E-state index contributed by atoms with van der Waals surface area (Å²) in [5, 5.41) is 16.3. The summed E-state index contributed by atoms with van der Waals surface area (Å²) in [5.41, 5.74) is 0.0767. The van der Waals surface area contributed by atoms with Crippen LogP contribution in [0.4, 0.5) is 13.2 Å². The standard InChI is InChI=1S/C19H18F3N3O3/c1-25-16(12-7-9-14(10-8-12)19(20,21)22)24-28-18(25)15(11-26)23-17(27)13-5-3-2-4-6-13/h2-10,15,18,26H,11H2,1H3,(H,23,27)/t15-,18?/m1/s1. The van der Waals surface area contributed by atoms with Gasteiger partial charge >= 0.3 is 6.18 Å². The minimum Gasteiger partial charge on any atom is -0.394 e. The second-order valence-corrected chi connectivity index (χ2v) is 6.23. The molecule has 2 aromatic carbocycles. The van der Waals surface area contributed by atoms with Crippen LogP contribution in [-0.2, 0) is 11.0 Å². The van der Waals surface area contributed by atoms with Crippen molar-refractivity contribution in [2.75, 3.05) is 13.7 Å². The van der Waals surface area contributed by atoms with Gasteiger partial charge in [0.05, 0.1) is 12.2 Å². The highest BCUT2D eigenvalue weighted by molar-refractivity contribution is 5.99. The van der Waals surface area contributed by atoms with Gasteiger partial charge in [0, 0.05) is 18.2 Å². The van der Waals surface area contributed by atoms with Gasteiger partial charge in [0.1, 0.15) is 6.04 Å². The van der Waals surface area contributed by atoms with Gasteiger partial charge in [-0.25, -0.2) is 0 Å². The van der Waals surface area contributed by atoms with Crippen molar-refractivity contribution in [1.82, 2.24) is 10.2 Å². The molecule has 28 heavy (non-hydrogen) atoms. The Morgan fingerprint density at radius 1 is 1.21 bits per heavy atom. The van der Waals surface area contributed by atoms with E-state index in [1.54, 1.807) is 42.3 Å². The van der Waals surface area contributed by atoms with Gasteiger partial charge in [-0.15, -0.1) is 0 Å². The van der Waals surface area contributed by atoms with E-state index in [1.807, 2.05) is 0 Å². The Bertz CT molecular complexity index is 854. The fourth-order valence-electron chi connectivity index (χ4n) is 2.82. The Labute approximate surface area is 159 Å². The van der Waals surface area contributed by atoms with Crippen molar-refractivity contribution >= 4 is 11.7 Å². The van der Waals surface area contributed by atoms with E-state index in [-0.39, 0.29) is 5.91 Å². The minimum atomic E-state index is -4.43. The van der Waals surface area contributed by atoms with Gasteiger partial charge in [-0.3, -0.25) is 4.79 Å². The number of likely N-dealkylation sites (N-methyl/N-ethyl adjacent to an activating group) is 1. The number of rotatable bonds is 5. The van der Waals surface area contributed by atoms with E-state index < -0.39 is 30.6 Å². The van der Waals surface area contributed by atoms with Crippen LogP contribution in [0.1, 0.15) is 21.5 Å². The number of nitrogens with one attached hydrogen (secondary N) is 1. The van der Waals surface area contributed by atoms with Crippen molar-refractivity contribution in [3.63, 3.8) is 0 Å². The maximum atomic E-state index is 12.7. The van der Waals surface area contributed by atoms with Gasteiger partial charge in [0.2, 0.25) is 6.23 Å². The monoisotopic (exact) mass is 393 g/mol. The van der Waals surface area contributed by atoms with Crippen LogP contribution < -0.4 is 5.32 Å². The molecule has 0 saturated heterocycles. The van der Waals surface area contributed by atoms with Crippen LogP contribution in [0.5, 0.6) is 0 Å². The number of aliphatic hydroxyl groups is 1. The molecule has 0 aliphatic carbocycles. The molecule has 0 spiro atoms. The van der Waals surface area contributed by atoms with Gasteiger partial charge in [-0.1, -0.05) is 35.5 Å². The summed E-state index contributed by atoms with van der Waals surface area (Å²) < 4.78 is 38.1. The van der Waals surface area contributed by atoms with E-state index in [2.05, 4.69) is 10.5 Å². The summed E-state index contributed by atoms with van der Waals surface area (Å²) in [7, 11) is 1.62. The zero-order valence-electron chi connectivity index (χ0n) is 14.8. The van der Waals surface area contributed by atoms with Gasteiger partial charge in [0.25, 0.3) is 5.91 Å². The Kier molecular flexibility index (Phi) is 5.55. The first-order valence-corrected chi connectivity index (χ1v) is 8.42. The summed E-state index contributed by atoms with van der Waals surface area (Å²) in [6.07, 6.45) is -5.24. The Balaban J connectivity index is 1.71. The van der Waals surface area contributed by atoms with Crippen LogP contribution in [0.25, 0.3) is 0 Å². The van der Waals surface area contributed by atoms with E-state index in [4.69, 9.17) is 4.84 Å². The Hall–Kier alpha value is -3.07. The Morgan fingerprint density at radius 3 is 2.43 bits per heavy atom. The number of nitrogens with zero attached hydrogens (tertiary/aromatic N) is 2. The number of hydrogen-bond acceptors (Lipinski definition) is 5. The average molecular weight is 393 g/mol. The normalized spacial score (nSPS) is 17.7. The fraction of sp³-hybridized carbons (Fsp3) is 0.263. The summed E-state index contributed by atoms with van der Waals surface area (Å²) in [5.74, 6) is -0.0919. The molecule has 1 aliphatic heterocycles. The molecule has 2 aromatic rings. The number of aliphatic hydroxyl groups excluding tert-OH is 1. The lowest BCUT2D eigenvalue weighted by molar-refractivity contribution is -0.137. The van der Waals surface area contributed by atoms with Gasteiger partial charge < -0.3 is 20.2 Å². The minimum absolute atomic E-state index is 0.297. The van der Waals surface area contributed by atoms with Gasteiger partial charge in [0.15, 0.2) is 5.84 Å². The van der Waals surface area contributed by atoms with Crippen LogP contribution in [0.2, 0.25) is 0 Å². The molecule has 2 atom stereocenters. The molecule has 6 nitrogen and oxygen atoms in total. The van der Waals surface area contributed by atoms with E-state index in [9.17, 15) is 23.1 Å². The largest absolute Gasteiger partial charge is 0.416 e. The highest BCUT2D eigenvalue weighted by Gasteiger charge is 2.36. The first-order chi connectivity index (χ1) is 13.3. The molecule has 9 heteroatoms. The smallest absolute Gasteiger partial charge is 0.394 e. The molecule has 1 aliphatic rings. The molecule has 3 rings (SSSR count). The van der Waals surface area contributed by atoms with E-state index >= 15 is 0 Å². The lowest BCUT2D eigenvalue weighted by atomic mass is 10.1. The van der Waals surface area contributed by atoms with Crippen molar-refractivity contribution in [2.45, 2.75) is 18.4 Å². The topological polar surface area (TPSA) is 74.2 Å². The lowest BCUT2D eigenvalue weighted by Crippen LogP contribution is -2.52. The number of carbonyl (C=O) groups excluding carboxylic acids is 1. The predicted octanol–water partition coefficient (Wildman–Crippen LogP) is 2.45. The first-order valence-electron chi connectivity index (χ1n) is 8.42. The number of halogens is 3. The molecular formula is C19H18F3N3O3. The number of amidine groups is 1. The predicted molar refractivity (Wildman–Crippen MR) is 95.4 cm³/mol. The number of oxime groups is 1. The summed E-state index contributed by atoms with van der Waals surface area (Å²) in [6, 6.07) is 12.2. The molecule has 1 amide bonds. The van der Waals surface area contributed by atoms with Crippen molar-refractivity contribution in [2.24, 2.45) is 5.16 Å². The van der Waals surface area contributed by atoms with Crippen LogP contribution in [0, 0.1) is 0 Å². The molecular weight excluding hydrogens is 375 g/mol. The summed E-state index contributed by atoms with van der Waals surface area (Å²) >= 11 is 0. The van der Waals surface area contributed by atoms with Crippen LogP contribution in [0.15, 0.2) is 59.8 Å². The molecule has 0 aromatic heterocycles. The molecule has 1 unspecified atom stereocenters. The average Bonchev–Trinajstić information content (AvgIpc) is 3.07. The maximum Gasteiger partial charge on any atom is 0.416 e. The van der Waals surface area contributed by atoms with Crippen molar-refractivity contribution in [3.8, 4) is 0 Å². The maximum absolute atomic E-state index is 12.7. The fourth-order valence-corrected chi connectivity index (χ4v) is 2.82. The second kappa shape index (κ2) is 7.89. The zero-order chi connectivity index (χ0) is 20.3. The summed E-state index contributed by atoms with van der Waals surface area (Å²) in [6.45, 7) is -0.413. The second-order valence-electron chi connectivity index (χ2n) is 6.23. The van der Waals surface area contributed by atoms with E-state index in [0.717, 1.165) is 12.1 Å². The lowest BCUT2D eigenvalue weighted by Gasteiger charge is -2.27. The van der Waals surface area contributed by atoms with E-state index in [1.165, 1.54) is 12.1 Å². The Morgan fingerprint density at radius 2 is 1.86 bits per heavy atom. The number of amides is 1. The molecule has 2 N–H and O–H groups in total. The van der Waals surface area contributed by atoms with Crippen molar-refractivity contribution in [3.05, 3.63) is 71.3 Å². The van der Waals surface area contributed by atoms with Gasteiger partial charge in [-0.05, 0) is 24.3 Å². The van der Waals surface area contributed by atoms with Crippen LogP contribution >= 0.6 is 0 Å². The number of benzene rings is 2. The van der Waals surface area contributed by atoms with Crippen LogP contribution in [-0.4, -0.2) is 47.7 Å². The highest BCUT2D eigenvalue weighted by Crippen LogP contribution is 2.29. The molecule has 148 valence electrons. The molecule has 0 bridgehead atoms. The quantitative estimate of drug-likeness (QED) is 0.819. The molecule has 0 saturated carbocycles. The molecule has 1 heterocycles. The highest BCUT2D eigenvalue weighted by atomic mass is 19.4. The van der Waals surface area contributed by atoms with Crippen LogP contribution in [0.3, 0.4) is 0 Å². The zero-order valence-corrected chi connectivity index (χ0v) is 14.8. The van der Waals surface area contributed by atoms with Crippen molar-refractivity contribution in [1.29, 1.82) is 0 Å². The third-order valence-corrected chi connectivity index (χ3v) is 4.33. The number of carbonyl (C=O) groups is 1. The molecule has 0 fully saturated rings. The third-order valence-electron chi connectivity index (χ3n) is 4.33.